The molecule has 31 heavy (non-hydrogen) atoms. The summed E-state index contributed by atoms with van der Waals surface area (Å²) in [4.78, 5) is 49.2. The third kappa shape index (κ3) is 4.54. The third-order valence-corrected chi connectivity index (χ3v) is 7.46. The maximum Gasteiger partial charge on any atom is 0.307 e. The fourth-order valence-corrected chi connectivity index (χ4v) is 5.89. The number of carbonyl (C=O) groups excluding carboxylic acids is 2. The number of aromatic nitrogens is 3. The first-order valence-electron chi connectivity index (χ1n) is 10.4. The van der Waals surface area contributed by atoms with Crippen molar-refractivity contribution in [3.8, 4) is 0 Å². The molecule has 1 aliphatic rings. The van der Waals surface area contributed by atoms with Gasteiger partial charge < -0.3 is 4.74 Å². The Kier molecular flexibility index (Phi) is 6.47. The monoisotopic (exact) mass is 460 g/mol. The maximum absolute atomic E-state index is 12.9. The predicted octanol–water partition coefficient (Wildman–Crippen LogP) is 3.30. The Morgan fingerprint density at radius 1 is 1.29 bits per heavy atom. The van der Waals surface area contributed by atoms with Gasteiger partial charge in [-0.3, -0.25) is 23.9 Å². The van der Waals surface area contributed by atoms with Crippen LogP contribution in [0.4, 0.5) is 5.13 Å². The molecule has 3 aromatic heterocycles. The van der Waals surface area contributed by atoms with Gasteiger partial charge in [0.05, 0.1) is 23.8 Å². The van der Waals surface area contributed by atoms with E-state index in [1.807, 2.05) is 6.92 Å². The number of thiazole rings is 1. The van der Waals surface area contributed by atoms with E-state index in [4.69, 9.17) is 4.74 Å². The second-order valence-electron chi connectivity index (χ2n) is 7.43. The zero-order chi connectivity index (χ0) is 22.0. The van der Waals surface area contributed by atoms with E-state index in [0.717, 1.165) is 41.5 Å². The first-order valence-corrected chi connectivity index (χ1v) is 12.0. The van der Waals surface area contributed by atoms with Gasteiger partial charge in [0, 0.05) is 30.3 Å². The molecule has 0 atom stereocenters. The third-order valence-electron chi connectivity index (χ3n) is 5.35. The van der Waals surface area contributed by atoms with Crippen LogP contribution in [0.3, 0.4) is 0 Å². The van der Waals surface area contributed by atoms with E-state index in [9.17, 15) is 14.4 Å². The summed E-state index contributed by atoms with van der Waals surface area (Å²) in [5.74, 6) is -0.490. The van der Waals surface area contributed by atoms with Crippen molar-refractivity contribution in [2.45, 2.75) is 59.1 Å². The first kappa shape index (κ1) is 21.6. The summed E-state index contributed by atoms with van der Waals surface area (Å²) in [5, 5.41) is 3.08. The fraction of sp³-hybridized carbons (Fsp3) is 0.476. The van der Waals surface area contributed by atoms with E-state index < -0.39 is 5.97 Å². The van der Waals surface area contributed by atoms with Crippen molar-refractivity contribution in [3.63, 3.8) is 0 Å². The molecular weight excluding hydrogens is 436 g/mol. The second kappa shape index (κ2) is 9.27. The molecule has 1 aliphatic carbocycles. The van der Waals surface area contributed by atoms with E-state index in [-0.39, 0.29) is 31.0 Å². The van der Waals surface area contributed by atoms with Gasteiger partial charge in [-0.15, -0.1) is 22.7 Å². The van der Waals surface area contributed by atoms with Gasteiger partial charge in [0.15, 0.2) is 5.13 Å². The average Bonchev–Trinajstić information content (AvgIpc) is 3.37. The van der Waals surface area contributed by atoms with E-state index in [1.54, 1.807) is 21.6 Å². The number of hydrogen-bond donors (Lipinski definition) is 0. The van der Waals surface area contributed by atoms with Crippen LogP contribution in [-0.4, -0.2) is 33.0 Å². The highest BCUT2D eigenvalue weighted by Gasteiger charge is 2.20. The Morgan fingerprint density at radius 3 is 2.87 bits per heavy atom. The number of fused-ring (bicyclic) bond motifs is 3. The zero-order valence-electron chi connectivity index (χ0n) is 17.5. The lowest BCUT2D eigenvalue weighted by molar-refractivity contribution is -0.145. The molecule has 4 rings (SSSR count). The standard InChI is InChI=1S/C21H24N4O4S2/c1-3-25(13(2)26)21-23-14(11-30-21)10-29-17(27)8-9-24-12-22-19-18(20(24)28)15-6-4-5-7-16(15)31-19/h11-12H,3-10H2,1-2H3. The van der Waals surface area contributed by atoms with Crippen LogP contribution >= 0.6 is 22.7 Å². The lowest BCUT2D eigenvalue weighted by atomic mass is 9.97. The number of rotatable bonds is 7. The van der Waals surface area contributed by atoms with Gasteiger partial charge in [0.2, 0.25) is 5.91 Å². The van der Waals surface area contributed by atoms with Crippen molar-refractivity contribution in [1.29, 1.82) is 0 Å². The molecule has 0 fully saturated rings. The summed E-state index contributed by atoms with van der Waals surface area (Å²) in [6.07, 6.45) is 5.79. The molecule has 3 heterocycles. The summed E-state index contributed by atoms with van der Waals surface area (Å²) in [6, 6.07) is 0. The molecular formula is C21H24N4O4S2. The van der Waals surface area contributed by atoms with Gasteiger partial charge in [-0.1, -0.05) is 0 Å². The predicted molar refractivity (Wildman–Crippen MR) is 121 cm³/mol. The Bertz CT molecular complexity index is 1180. The number of thiophene rings is 1. The highest BCUT2D eigenvalue weighted by Crippen LogP contribution is 2.33. The van der Waals surface area contributed by atoms with E-state index in [2.05, 4.69) is 9.97 Å². The maximum atomic E-state index is 12.9. The molecule has 3 aromatic rings. The first-order chi connectivity index (χ1) is 15.0. The summed E-state index contributed by atoms with van der Waals surface area (Å²) in [7, 11) is 0. The number of aryl methyl sites for hydroxylation is 3. The topological polar surface area (TPSA) is 94.4 Å². The SMILES string of the molecule is CCN(C(C)=O)c1nc(COC(=O)CCn2cnc3sc4c(c3c2=O)CCCC4)cs1. The van der Waals surface area contributed by atoms with Crippen molar-refractivity contribution in [2.24, 2.45) is 0 Å². The fourth-order valence-electron chi connectivity index (χ4n) is 3.76. The highest BCUT2D eigenvalue weighted by molar-refractivity contribution is 7.18. The molecule has 0 spiro atoms. The van der Waals surface area contributed by atoms with Gasteiger partial charge in [-0.25, -0.2) is 9.97 Å². The minimum atomic E-state index is -0.409. The zero-order valence-corrected chi connectivity index (χ0v) is 19.2. The Morgan fingerprint density at radius 2 is 2.10 bits per heavy atom. The van der Waals surface area contributed by atoms with Crippen LogP contribution in [0, 0.1) is 0 Å². The molecule has 8 nitrogen and oxygen atoms in total. The van der Waals surface area contributed by atoms with Crippen LogP contribution in [0.15, 0.2) is 16.5 Å². The molecule has 1 amide bonds. The van der Waals surface area contributed by atoms with Gasteiger partial charge in [0.25, 0.3) is 5.56 Å². The summed E-state index contributed by atoms with van der Waals surface area (Å²) in [5.41, 5.74) is 1.66. The van der Waals surface area contributed by atoms with Gasteiger partial charge in [0.1, 0.15) is 11.4 Å². The van der Waals surface area contributed by atoms with Crippen LogP contribution in [0.2, 0.25) is 0 Å². The second-order valence-corrected chi connectivity index (χ2v) is 9.35. The molecule has 0 bridgehead atoms. The van der Waals surface area contributed by atoms with E-state index in [1.165, 1.54) is 34.0 Å². The number of ether oxygens (including phenoxy) is 1. The number of esters is 1. The van der Waals surface area contributed by atoms with Crippen molar-refractivity contribution in [3.05, 3.63) is 38.2 Å². The van der Waals surface area contributed by atoms with Crippen LogP contribution in [-0.2, 0) is 40.3 Å². The Balaban J connectivity index is 1.37. The normalized spacial score (nSPS) is 13.2. The summed E-state index contributed by atoms with van der Waals surface area (Å²) >= 11 is 2.95. The molecule has 0 aromatic carbocycles. The molecule has 10 heteroatoms. The van der Waals surface area contributed by atoms with Crippen molar-refractivity contribution in [1.82, 2.24) is 14.5 Å². The van der Waals surface area contributed by atoms with Crippen molar-refractivity contribution >= 4 is 49.9 Å². The molecule has 0 saturated heterocycles. The van der Waals surface area contributed by atoms with Gasteiger partial charge in [-0.05, 0) is 38.2 Å². The minimum Gasteiger partial charge on any atom is -0.459 e. The number of nitrogens with zero attached hydrogens (tertiary/aromatic N) is 4. The molecule has 0 aliphatic heterocycles. The summed E-state index contributed by atoms with van der Waals surface area (Å²) in [6.45, 7) is 4.16. The molecule has 0 radical (unpaired) electrons. The molecule has 164 valence electrons. The Hall–Kier alpha value is -2.59. The quantitative estimate of drug-likeness (QED) is 0.502. The number of hydrogen-bond acceptors (Lipinski definition) is 8. The lowest BCUT2D eigenvalue weighted by Gasteiger charge is -2.14. The molecule has 0 saturated carbocycles. The van der Waals surface area contributed by atoms with E-state index >= 15 is 0 Å². The molecule has 0 N–H and O–H groups in total. The van der Waals surface area contributed by atoms with Crippen molar-refractivity contribution in [2.75, 3.05) is 11.4 Å². The van der Waals surface area contributed by atoms with Gasteiger partial charge >= 0.3 is 5.97 Å². The lowest BCUT2D eigenvalue weighted by Crippen LogP contribution is -2.27. The smallest absolute Gasteiger partial charge is 0.307 e. The molecule has 0 unspecified atom stereocenters. The van der Waals surface area contributed by atoms with Crippen LogP contribution in [0.5, 0.6) is 0 Å². The largest absolute Gasteiger partial charge is 0.459 e. The van der Waals surface area contributed by atoms with Crippen LogP contribution < -0.4 is 10.5 Å². The van der Waals surface area contributed by atoms with Gasteiger partial charge in [-0.2, -0.15) is 0 Å². The Labute approximate surface area is 187 Å². The average molecular weight is 461 g/mol. The van der Waals surface area contributed by atoms with Crippen LogP contribution in [0.1, 0.15) is 49.2 Å². The number of amides is 1. The van der Waals surface area contributed by atoms with E-state index in [0.29, 0.717) is 17.4 Å². The summed E-state index contributed by atoms with van der Waals surface area (Å²) < 4.78 is 6.81. The van der Waals surface area contributed by atoms with Crippen LogP contribution in [0.25, 0.3) is 10.2 Å². The highest BCUT2D eigenvalue weighted by atomic mass is 32.1. The minimum absolute atomic E-state index is 0.0367. The van der Waals surface area contributed by atoms with Crippen molar-refractivity contribution < 1.29 is 14.3 Å². The number of anilines is 1. The number of carbonyl (C=O) groups is 2.